The standard InChI is InChI=1S/C13H10F3NOS/c14-13(15,16)19-8-12(18)17-11-7-3-5-9-4-1-2-6-10(9)11/h1-7H,8H2,(H,17,18). The SMILES string of the molecule is O=C(CSC(F)(F)F)Nc1cccc2ccccc12. The highest BCUT2D eigenvalue weighted by molar-refractivity contribution is 8.00. The Morgan fingerprint density at radius 1 is 1.11 bits per heavy atom. The third-order valence-electron chi connectivity index (χ3n) is 2.43. The molecule has 1 N–H and O–H groups in total. The number of nitrogens with one attached hydrogen (secondary N) is 1. The second-order valence-electron chi connectivity index (χ2n) is 3.81. The summed E-state index contributed by atoms with van der Waals surface area (Å²) in [4.78, 5) is 11.5. The predicted octanol–water partition coefficient (Wildman–Crippen LogP) is 4.03. The van der Waals surface area contributed by atoms with Crippen LogP contribution in [-0.4, -0.2) is 17.2 Å². The fourth-order valence-corrected chi connectivity index (χ4v) is 2.04. The molecule has 0 aliphatic carbocycles. The molecule has 100 valence electrons. The van der Waals surface area contributed by atoms with E-state index in [0.717, 1.165) is 10.8 Å². The zero-order valence-electron chi connectivity index (χ0n) is 9.70. The first-order chi connectivity index (χ1) is 8.96. The number of halogens is 3. The van der Waals surface area contributed by atoms with Crippen LogP contribution in [0.1, 0.15) is 0 Å². The maximum Gasteiger partial charge on any atom is 0.442 e. The molecule has 2 rings (SSSR count). The molecule has 0 bridgehead atoms. The van der Waals surface area contributed by atoms with Gasteiger partial charge in [-0.1, -0.05) is 36.4 Å². The Labute approximate surface area is 112 Å². The van der Waals surface area contributed by atoms with Gasteiger partial charge in [-0.05, 0) is 23.2 Å². The van der Waals surface area contributed by atoms with Gasteiger partial charge in [-0.3, -0.25) is 4.79 Å². The number of hydrogen-bond donors (Lipinski definition) is 1. The summed E-state index contributed by atoms with van der Waals surface area (Å²) in [5.74, 6) is -1.31. The highest BCUT2D eigenvalue weighted by atomic mass is 32.2. The minimum atomic E-state index is -4.39. The molecule has 0 aliphatic heterocycles. The second kappa shape index (κ2) is 5.52. The van der Waals surface area contributed by atoms with Crippen molar-refractivity contribution < 1.29 is 18.0 Å². The molecule has 2 aromatic rings. The van der Waals surface area contributed by atoms with Gasteiger partial charge in [0.2, 0.25) is 5.91 Å². The molecule has 0 atom stereocenters. The largest absolute Gasteiger partial charge is 0.442 e. The van der Waals surface area contributed by atoms with Crippen LogP contribution in [0.2, 0.25) is 0 Å². The maximum atomic E-state index is 12.0. The molecule has 2 aromatic carbocycles. The van der Waals surface area contributed by atoms with Gasteiger partial charge in [0.05, 0.1) is 5.75 Å². The highest BCUT2D eigenvalue weighted by Crippen LogP contribution is 2.30. The number of hydrogen-bond acceptors (Lipinski definition) is 2. The van der Waals surface area contributed by atoms with Gasteiger partial charge in [-0.2, -0.15) is 13.2 Å². The molecule has 19 heavy (non-hydrogen) atoms. The fourth-order valence-electron chi connectivity index (χ4n) is 1.67. The van der Waals surface area contributed by atoms with Crippen molar-refractivity contribution in [2.24, 2.45) is 0 Å². The summed E-state index contributed by atoms with van der Waals surface area (Å²) < 4.78 is 36.0. The summed E-state index contributed by atoms with van der Waals surface area (Å²) >= 11 is -0.346. The Morgan fingerprint density at radius 3 is 2.53 bits per heavy atom. The van der Waals surface area contributed by atoms with Crippen molar-refractivity contribution in [1.29, 1.82) is 0 Å². The van der Waals surface area contributed by atoms with Crippen molar-refractivity contribution >= 4 is 34.1 Å². The van der Waals surface area contributed by atoms with E-state index in [9.17, 15) is 18.0 Å². The average Bonchev–Trinajstić information content (AvgIpc) is 2.36. The Kier molecular flexibility index (Phi) is 3.99. The van der Waals surface area contributed by atoms with Gasteiger partial charge in [0.15, 0.2) is 0 Å². The summed E-state index contributed by atoms with van der Waals surface area (Å²) in [5, 5.41) is 4.22. The molecule has 0 saturated heterocycles. The zero-order valence-corrected chi connectivity index (χ0v) is 10.5. The van der Waals surface area contributed by atoms with Crippen LogP contribution in [0.3, 0.4) is 0 Å². The molecule has 1 amide bonds. The monoisotopic (exact) mass is 285 g/mol. The minimum absolute atomic E-state index is 0.346. The quantitative estimate of drug-likeness (QED) is 0.922. The van der Waals surface area contributed by atoms with E-state index < -0.39 is 17.2 Å². The van der Waals surface area contributed by atoms with Gasteiger partial charge in [0.25, 0.3) is 0 Å². The molecule has 0 saturated carbocycles. The summed E-state index contributed by atoms with van der Waals surface area (Å²) in [5.41, 5.74) is -3.87. The van der Waals surface area contributed by atoms with Gasteiger partial charge in [-0.15, -0.1) is 0 Å². The molecular weight excluding hydrogens is 275 g/mol. The van der Waals surface area contributed by atoms with E-state index in [2.05, 4.69) is 5.32 Å². The van der Waals surface area contributed by atoms with Crippen LogP contribution >= 0.6 is 11.8 Å². The number of carbonyl (C=O) groups excluding carboxylic acids is 1. The minimum Gasteiger partial charge on any atom is -0.325 e. The first-order valence-corrected chi connectivity index (χ1v) is 6.42. The van der Waals surface area contributed by atoms with Crippen LogP contribution in [0, 0.1) is 0 Å². The number of benzene rings is 2. The Bertz CT molecular complexity index is 592. The Hall–Kier alpha value is -1.69. The van der Waals surface area contributed by atoms with Crippen LogP contribution in [0.5, 0.6) is 0 Å². The van der Waals surface area contributed by atoms with Crippen molar-refractivity contribution in [2.75, 3.05) is 11.1 Å². The number of anilines is 1. The molecule has 0 radical (unpaired) electrons. The van der Waals surface area contributed by atoms with Crippen molar-refractivity contribution in [3.8, 4) is 0 Å². The molecule has 2 nitrogen and oxygen atoms in total. The lowest BCUT2D eigenvalue weighted by Gasteiger charge is -2.09. The maximum absolute atomic E-state index is 12.0. The van der Waals surface area contributed by atoms with Gasteiger partial charge in [-0.25, -0.2) is 0 Å². The third-order valence-corrected chi connectivity index (χ3v) is 3.16. The highest BCUT2D eigenvalue weighted by Gasteiger charge is 2.29. The third kappa shape index (κ3) is 3.89. The predicted molar refractivity (Wildman–Crippen MR) is 71.1 cm³/mol. The number of alkyl halides is 3. The van der Waals surface area contributed by atoms with Crippen molar-refractivity contribution in [3.05, 3.63) is 42.5 Å². The summed E-state index contributed by atoms with van der Waals surface area (Å²) in [6.07, 6.45) is 0. The smallest absolute Gasteiger partial charge is 0.325 e. The molecule has 0 spiro atoms. The van der Waals surface area contributed by atoms with Crippen LogP contribution in [0.4, 0.5) is 18.9 Å². The number of rotatable bonds is 3. The van der Waals surface area contributed by atoms with Gasteiger partial charge in [0, 0.05) is 11.1 Å². The van der Waals surface area contributed by atoms with Gasteiger partial charge in [0.1, 0.15) is 0 Å². The zero-order chi connectivity index (χ0) is 13.9. The van der Waals surface area contributed by atoms with Crippen molar-refractivity contribution in [1.82, 2.24) is 0 Å². The van der Waals surface area contributed by atoms with Crippen LogP contribution < -0.4 is 5.32 Å². The number of carbonyl (C=O) groups is 1. The van der Waals surface area contributed by atoms with Crippen LogP contribution in [0.15, 0.2) is 42.5 Å². The molecule has 6 heteroatoms. The van der Waals surface area contributed by atoms with E-state index in [1.807, 2.05) is 30.3 Å². The number of amides is 1. The topological polar surface area (TPSA) is 29.1 Å². The fraction of sp³-hybridized carbons (Fsp3) is 0.154. The van der Waals surface area contributed by atoms with Gasteiger partial charge >= 0.3 is 5.51 Å². The van der Waals surface area contributed by atoms with E-state index in [-0.39, 0.29) is 11.8 Å². The molecule has 0 fully saturated rings. The van der Waals surface area contributed by atoms with E-state index in [1.165, 1.54) is 0 Å². The first kappa shape index (κ1) is 13.7. The average molecular weight is 285 g/mol. The van der Waals surface area contributed by atoms with Crippen molar-refractivity contribution in [3.63, 3.8) is 0 Å². The lowest BCUT2D eigenvalue weighted by Crippen LogP contribution is -2.17. The Balaban J connectivity index is 2.11. The molecule has 0 heterocycles. The van der Waals surface area contributed by atoms with Gasteiger partial charge < -0.3 is 5.32 Å². The Morgan fingerprint density at radius 2 is 1.79 bits per heavy atom. The second-order valence-corrected chi connectivity index (χ2v) is 4.85. The molecular formula is C13H10F3NOS. The van der Waals surface area contributed by atoms with E-state index in [4.69, 9.17) is 0 Å². The van der Waals surface area contributed by atoms with Crippen LogP contribution in [-0.2, 0) is 4.79 Å². The first-order valence-electron chi connectivity index (χ1n) is 5.44. The number of fused-ring (bicyclic) bond motifs is 1. The van der Waals surface area contributed by atoms with E-state index >= 15 is 0 Å². The van der Waals surface area contributed by atoms with Crippen LogP contribution in [0.25, 0.3) is 10.8 Å². The number of thioether (sulfide) groups is 1. The molecule has 0 unspecified atom stereocenters. The summed E-state index contributed by atoms with van der Waals surface area (Å²) in [7, 11) is 0. The van der Waals surface area contributed by atoms with E-state index in [0.29, 0.717) is 5.69 Å². The molecule has 0 aromatic heterocycles. The summed E-state index contributed by atoms with van der Waals surface area (Å²) in [6, 6.07) is 12.6. The molecule has 0 aliphatic rings. The summed E-state index contributed by atoms with van der Waals surface area (Å²) in [6.45, 7) is 0. The van der Waals surface area contributed by atoms with E-state index in [1.54, 1.807) is 12.1 Å². The van der Waals surface area contributed by atoms with Crippen molar-refractivity contribution in [2.45, 2.75) is 5.51 Å². The lowest BCUT2D eigenvalue weighted by atomic mass is 10.1. The lowest BCUT2D eigenvalue weighted by molar-refractivity contribution is -0.114. The normalized spacial score (nSPS) is 11.5.